The first kappa shape index (κ1) is 15.6. The van der Waals surface area contributed by atoms with E-state index in [4.69, 9.17) is 4.42 Å². The van der Waals surface area contributed by atoms with Crippen LogP contribution in [-0.4, -0.2) is 43.0 Å². The van der Waals surface area contributed by atoms with Gasteiger partial charge in [-0.25, -0.2) is 4.79 Å². The summed E-state index contributed by atoms with van der Waals surface area (Å²) in [7, 11) is 1.32. The highest BCUT2D eigenvalue weighted by molar-refractivity contribution is 5.85. The lowest BCUT2D eigenvalue weighted by Crippen LogP contribution is -2.45. The Bertz CT molecular complexity index is 464. The average molecular weight is 294 g/mol. The molecule has 6 nitrogen and oxygen atoms in total. The van der Waals surface area contributed by atoms with E-state index in [0.717, 1.165) is 38.2 Å². The van der Waals surface area contributed by atoms with Gasteiger partial charge in [-0.3, -0.25) is 9.69 Å². The van der Waals surface area contributed by atoms with Gasteiger partial charge in [-0.1, -0.05) is 0 Å². The zero-order valence-electron chi connectivity index (χ0n) is 12.5. The third-order valence-corrected chi connectivity index (χ3v) is 3.83. The summed E-state index contributed by atoms with van der Waals surface area (Å²) in [6, 6.07) is 3.24. The monoisotopic (exact) mass is 294 g/mol. The Morgan fingerprint density at radius 1 is 1.48 bits per heavy atom. The summed E-state index contributed by atoms with van der Waals surface area (Å²) in [5.41, 5.74) is 0. The van der Waals surface area contributed by atoms with Gasteiger partial charge in [-0.2, -0.15) is 0 Å². The van der Waals surface area contributed by atoms with Crippen LogP contribution in [0.3, 0.4) is 0 Å². The van der Waals surface area contributed by atoms with Gasteiger partial charge in [0.15, 0.2) is 0 Å². The quantitative estimate of drug-likeness (QED) is 0.825. The first-order chi connectivity index (χ1) is 10.1. The third-order valence-electron chi connectivity index (χ3n) is 3.83. The molecule has 0 aromatic carbocycles. The number of carbonyl (C=O) groups is 2. The predicted octanol–water partition coefficient (Wildman–Crippen LogP) is 1.17. The maximum absolute atomic E-state index is 12.1. The van der Waals surface area contributed by atoms with Crippen molar-refractivity contribution in [1.82, 2.24) is 10.2 Å². The van der Waals surface area contributed by atoms with E-state index in [1.807, 2.05) is 12.1 Å². The number of nitrogens with one attached hydrogen (secondary N) is 1. The number of amides is 1. The normalized spacial score (nSPS) is 18.2. The van der Waals surface area contributed by atoms with E-state index >= 15 is 0 Å². The maximum atomic E-state index is 12.1. The van der Waals surface area contributed by atoms with Crippen LogP contribution in [-0.2, 0) is 20.9 Å². The van der Waals surface area contributed by atoms with Crippen molar-refractivity contribution in [3.8, 4) is 0 Å². The Labute approximate surface area is 124 Å². The molecule has 21 heavy (non-hydrogen) atoms. The van der Waals surface area contributed by atoms with Gasteiger partial charge < -0.3 is 14.5 Å². The largest absolute Gasteiger partial charge is 0.468 e. The van der Waals surface area contributed by atoms with Gasteiger partial charge in [0.1, 0.15) is 11.8 Å². The molecule has 0 radical (unpaired) electrons. The van der Waals surface area contributed by atoms with Crippen LogP contribution in [0.15, 0.2) is 22.8 Å². The minimum absolute atomic E-state index is 0.0371. The summed E-state index contributed by atoms with van der Waals surface area (Å²) in [5.74, 6) is 0.423. The molecule has 0 bridgehead atoms. The molecule has 0 saturated carbocycles. The van der Waals surface area contributed by atoms with Crippen molar-refractivity contribution in [1.29, 1.82) is 0 Å². The molecule has 1 saturated heterocycles. The number of hydrogen-bond acceptors (Lipinski definition) is 5. The molecule has 0 spiro atoms. The first-order valence-electron chi connectivity index (χ1n) is 7.23. The second-order valence-corrected chi connectivity index (χ2v) is 5.38. The van der Waals surface area contributed by atoms with E-state index in [1.165, 1.54) is 7.11 Å². The number of piperidine rings is 1. The Morgan fingerprint density at radius 2 is 2.19 bits per heavy atom. The van der Waals surface area contributed by atoms with Gasteiger partial charge in [0.05, 0.1) is 19.9 Å². The lowest BCUT2D eigenvalue weighted by atomic mass is 9.95. The van der Waals surface area contributed by atoms with E-state index < -0.39 is 12.0 Å². The molecule has 1 atom stereocenters. The predicted molar refractivity (Wildman–Crippen MR) is 76.3 cm³/mol. The van der Waals surface area contributed by atoms with Crippen LogP contribution in [0, 0.1) is 5.92 Å². The van der Waals surface area contributed by atoms with E-state index in [2.05, 4.69) is 15.0 Å². The highest BCUT2D eigenvalue weighted by Gasteiger charge is 2.27. The number of carbonyl (C=O) groups excluding carboxylic acids is 2. The summed E-state index contributed by atoms with van der Waals surface area (Å²) in [5, 5.41) is 2.71. The smallest absolute Gasteiger partial charge is 0.328 e. The van der Waals surface area contributed by atoms with Crippen molar-refractivity contribution in [3.05, 3.63) is 24.2 Å². The second kappa shape index (κ2) is 7.26. The van der Waals surface area contributed by atoms with Gasteiger partial charge in [-0.15, -0.1) is 0 Å². The van der Waals surface area contributed by atoms with Crippen molar-refractivity contribution in [3.63, 3.8) is 0 Å². The zero-order valence-corrected chi connectivity index (χ0v) is 12.5. The summed E-state index contributed by atoms with van der Waals surface area (Å²) in [6.07, 6.45) is 3.25. The van der Waals surface area contributed by atoms with Crippen molar-refractivity contribution >= 4 is 11.9 Å². The molecule has 1 aliphatic rings. The van der Waals surface area contributed by atoms with Crippen LogP contribution < -0.4 is 5.32 Å². The topological polar surface area (TPSA) is 71.8 Å². The molecule has 2 heterocycles. The van der Waals surface area contributed by atoms with Crippen LogP contribution in [0.2, 0.25) is 0 Å². The van der Waals surface area contributed by atoms with Gasteiger partial charge in [-0.05, 0) is 45.0 Å². The molecular weight excluding hydrogens is 272 g/mol. The maximum Gasteiger partial charge on any atom is 0.328 e. The van der Waals surface area contributed by atoms with Crippen LogP contribution in [0.25, 0.3) is 0 Å². The number of hydrogen-bond donors (Lipinski definition) is 1. The van der Waals surface area contributed by atoms with Crippen molar-refractivity contribution in [2.75, 3.05) is 20.2 Å². The fourth-order valence-corrected chi connectivity index (χ4v) is 2.54. The molecule has 1 amide bonds. The lowest BCUT2D eigenvalue weighted by Gasteiger charge is -2.31. The number of furan rings is 1. The summed E-state index contributed by atoms with van der Waals surface area (Å²) >= 11 is 0. The lowest BCUT2D eigenvalue weighted by molar-refractivity contribution is -0.145. The fourth-order valence-electron chi connectivity index (χ4n) is 2.54. The molecule has 1 aliphatic heterocycles. The average Bonchev–Trinajstić information content (AvgIpc) is 2.99. The van der Waals surface area contributed by atoms with Gasteiger partial charge in [0, 0.05) is 5.92 Å². The standard InChI is InChI=1S/C15H22N2O4/c1-11(15(19)20-2)16-14(18)12-5-7-17(8-6-12)10-13-4-3-9-21-13/h3-4,9,11-12H,5-8,10H2,1-2H3,(H,16,18)/t11-/m0/s1. The Morgan fingerprint density at radius 3 is 2.76 bits per heavy atom. The van der Waals surface area contributed by atoms with Gasteiger partial charge in [0.25, 0.3) is 0 Å². The molecule has 2 rings (SSSR count). The number of methoxy groups -OCH3 is 1. The van der Waals surface area contributed by atoms with E-state index in [0.29, 0.717) is 0 Å². The van der Waals surface area contributed by atoms with Crippen molar-refractivity contribution in [2.45, 2.75) is 32.4 Å². The minimum atomic E-state index is -0.594. The molecule has 0 unspecified atom stereocenters. The van der Waals surface area contributed by atoms with Crippen LogP contribution >= 0.6 is 0 Å². The van der Waals surface area contributed by atoms with E-state index in [9.17, 15) is 9.59 Å². The molecule has 1 aromatic heterocycles. The highest BCUT2D eigenvalue weighted by Crippen LogP contribution is 2.19. The molecule has 1 aromatic rings. The number of esters is 1. The molecule has 116 valence electrons. The van der Waals surface area contributed by atoms with E-state index in [1.54, 1.807) is 13.2 Å². The minimum Gasteiger partial charge on any atom is -0.468 e. The summed E-state index contributed by atoms with van der Waals surface area (Å²) in [6.45, 7) is 4.12. The Balaban J connectivity index is 1.75. The van der Waals surface area contributed by atoms with Crippen molar-refractivity contribution in [2.24, 2.45) is 5.92 Å². The third kappa shape index (κ3) is 4.32. The Kier molecular flexibility index (Phi) is 5.38. The molecule has 1 fully saturated rings. The van der Waals surface area contributed by atoms with Gasteiger partial charge in [0.2, 0.25) is 5.91 Å². The first-order valence-corrected chi connectivity index (χ1v) is 7.23. The number of ether oxygens (including phenoxy) is 1. The van der Waals surface area contributed by atoms with E-state index in [-0.39, 0.29) is 11.8 Å². The van der Waals surface area contributed by atoms with Crippen LogP contribution in [0.1, 0.15) is 25.5 Å². The molecule has 0 aliphatic carbocycles. The molecule has 6 heteroatoms. The number of rotatable bonds is 5. The highest BCUT2D eigenvalue weighted by atomic mass is 16.5. The summed E-state index contributed by atoms with van der Waals surface area (Å²) in [4.78, 5) is 25.7. The Hall–Kier alpha value is -1.82. The van der Waals surface area contributed by atoms with Crippen molar-refractivity contribution < 1.29 is 18.7 Å². The van der Waals surface area contributed by atoms with Crippen LogP contribution in [0.4, 0.5) is 0 Å². The summed E-state index contributed by atoms with van der Waals surface area (Å²) < 4.78 is 9.93. The SMILES string of the molecule is COC(=O)[C@H](C)NC(=O)C1CCN(Cc2ccco2)CC1. The second-order valence-electron chi connectivity index (χ2n) is 5.38. The molecular formula is C15H22N2O4. The van der Waals surface area contributed by atoms with Crippen LogP contribution in [0.5, 0.6) is 0 Å². The molecule has 1 N–H and O–H groups in total. The number of nitrogens with zero attached hydrogens (tertiary/aromatic N) is 1. The number of likely N-dealkylation sites (tertiary alicyclic amines) is 1. The zero-order chi connectivity index (χ0) is 15.2. The fraction of sp³-hybridized carbons (Fsp3) is 0.600. The van der Waals surface area contributed by atoms with Gasteiger partial charge >= 0.3 is 5.97 Å².